The van der Waals surface area contributed by atoms with Crippen LogP contribution in [0, 0.1) is 20.2 Å². The fourth-order valence-electron chi connectivity index (χ4n) is 2.22. The van der Waals surface area contributed by atoms with E-state index in [1.807, 2.05) is 0 Å². The molecule has 0 bridgehead atoms. The zero-order chi connectivity index (χ0) is 23.0. The molecule has 2 rings (SSSR count). The average molecular weight is 440 g/mol. The molecule has 1 N–H and O–H groups in total. The molecule has 0 saturated carbocycles. The molecular weight excluding hydrogens is 434 g/mol. The van der Waals surface area contributed by atoms with Gasteiger partial charge in [-0.05, 0) is 18.2 Å². The van der Waals surface area contributed by atoms with Crippen LogP contribution in [0.1, 0.15) is 21.5 Å². The van der Waals surface area contributed by atoms with Crippen LogP contribution in [0.25, 0.3) is 0 Å². The summed E-state index contributed by atoms with van der Waals surface area (Å²) < 4.78 is 82.2. The fourth-order valence-corrected chi connectivity index (χ4v) is 2.22. The number of carboxylic acids is 1. The molecule has 30 heavy (non-hydrogen) atoms. The number of hydrogen-bond donors (Lipinski definition) is 1. The van der Waals surface area contributed by atoms with E-state index in [0.29, 0.717) is 0 Å². The van der Waals surface area contributed by atoms with Gasteiger partial charge in [0, 0.05) is 6.07 Å². The van der Waals surface area contributed by atoms with Crippen LogP contribution in [0.4, 0.5) is 37.7 Å². The van der Waals surface area contributed by atoms with Gasteiger partial charge in [-0.3, -0.25) is 20.2 Å². The third kappa shape index (κ3) is 4.73. The second-order valence-corrected chi connectivity index (χ2v) is 5.50. The first-order chi connectivity index (χ1) is 13.6. The number of nitro benzene ring substituents is 2. The standard InChI is InChI=1S/C15H6F6N2O7/c16-14(17,18)6-1-7(15(19,20)21)3-8(2-6)30-12-4-9(13(24)25)10(22(26)27)5-11(12)23(28)29/h1-5H,(H,24,25). The minimum atomic E-state index is -5.24. The van der Waals surface area contributed by atoms with Gasteiger partial charge < -0.3 is 9.84 Å². The van der Waals surface area contributed by atoms with Crippen LogP contribution in [0.3, 0.4) is 0 Å². The Labute approximate surface area is 160 Å². The highest BCUT2D eigenvalue weighted by Crippen LogP contribution is 2.41. The maximum absolute atomic E-state index is 12.9. The lowest BCUT2D eigenvalue weighted by Gasteiger charge is -2.15. The Hall–Kier alpha value is -3.91. The summed E-state index contributed by atoms with van der Waals surface area (Å²) in [6.07, 6.45) is -10.5. The highest BCUT2D eigenvalue weighted by Gasteiger charge is 2.38. The number of aromatic carboxylic acids is 1. The number of carbonyl (C=O) groups is 1. The SMILES string of the molecule is O=C(O)c1cc(Oc2cc(C(F)(F)F)cc(C(F)(F)F)c2)c([N+](=O)[O-])cc1[N+](=O)[O-]. The number of carboxylic acid groups (broad SMARTS) is 1. The van der Waals surface area contributed by atoms with Crippen molar-refractivity contribution in [1.82, 2.24) is 0 Å². The predicted octanol–water partition coefficient (Wildman–Crippen LogP) is 5.03. The molecule has 9 nitrogen and oxygen atoms in total. The van der Waals surface area contributed by atoms with Gasteiger partial charge in [-0.2, -0.15) is 26.3 Å². The number of alkyl halides is 6. The van der Waals surface area contributed by atoms with Gasteiger partial charge in [0.25, 0.3) is 5.69 Å². The Morgan fingerprint density at radius 1 is 0.833 bits per heavy atom. The van der Waals surface area contributed by atoms with Crippen molar-refractivity contribution in [2.24, 2.45) is 0 Å². The Morgan fingerprint density at radius 3 is 1.67 bits per heavy atom. The molecule has 0 aliphatic heterocycles. The van der Waals surface area contributed by atoms with Crippen LogP contribution in [0.2, 0.25) is 0 Å². The first kappa shape index (κ1) is 22.4. The van der Waals surface area contributed by atoms with Crippen molar-refractivity contribution in [1.29, 1.82) is 0 Å². The summed E-state index contributed by atoms with van der Waals surface area (Å²) >= 11 is 0. The molecule has 0 saturated heterocycles. The van der Waals surface area contributed by atoms with Gasteiger partial charge in [-0.15, -0.1) is 0 Å². The van der Waals surface area contributed by atoms with E-state index >= 15 is 0 Å². The molecule has 0 fully saturated rings. The Bertz CT molecular complexity index is 1020. The van der Waals surface area contributed by atoms with Crippen molar-refractivity contribution in [3.05, 3.63) is 67.3 Å². The lowest BCUT2D eigenvalue weighted by Crippen LogP contribution is -2.11. The van der Waals surface area contributed by atoms with Crippen molar-refractivity contribution < 1.29 is 50.8 Å². The van der Waals surface area contributed by atoms with Crippen molar-refractivity contribution in [3.63, 3.8) is 0 Å². The fraction of sp³-hybridized carbons (Fsp3) is 0.133. The highest BCUT2D eigenvalue weighted by atomic mass is 19.4. The van der Waals surface area contributed by atoms with Crippen LogP contribution >= 0.6 is 0 Å². The Balaban J connectivity index is 2.72. The van der Waals surface area contributed by atoms with Crippen LogP contribution in [0.15, 0.2) is 30.3 Å². The summed E-state index contributed by atoms with van der Waals surface area (Å²) in [7, 11) is 0. The van der Waals surface area contributed by atoms with Crippen LogP contribution in [0.5, 0.6) is 11.5 Å². The number of halogens is 6. The van der Waals surface area contributed by atoms with E-state index in [2.05, 4.69) is 0 Å². The predicted molar refractivity (Wildman–Crippen MR) is 83.2 cm³/mol. The second kappa shape index (κ2) is 7.49. The quantitative estimate of drug-likeness (QED) is 0.392. The minimum Gasteiger partial charge on any atom is -0.477 e. The molecule has 0 unspecified atom stereocenters. The maximum Gasteiger partial charge on any atom is 0.416 e. The zero-order valence-electron chi connectivity index (χ0n) is 13.9. The molecule has 160 valence electrons. The Morgan fingerprint density at radius 2 is 1.30 bits per heavy atom. The molecule has 0 spiro atoms. The molecule has 0 heterocycles. The minimum absolute atomic E-state index is 0.0980. The number of hydrogen-bond acceptors (Lipinski definition) is 6. The molecule has 2 aromatic rings. The first-order valence-corrected chi connectivity index (χ1v) is 7.28. The summed E-state index contributed by atoms with van der Waals surface area (Å²) in [5, 5.41) is 31.0. The van der Waals surface area contributed by atoms with Gasteiger partial charge in [0.05, 0.1) is 27.0 Å². The van der Waals surface area contributed by atoms with E-state index in [9.17, 15) is 51.4 Å². The molecule has 0 aliphatic carbocycles. The third-order valence-corrected chi connectivity index (χ3v) is 3.49. The van der Waals surface area contributed by atoms with Crippen molar-refractivity contribution in [2.75, 3.05) is 0 Å². The van der Waals surface area contributed by atoms with E-state index in [1.165, 1.54) is 0 Å². The summed E-state index contributed by atoms with van der Waals surface area (Å²) in [5.41, 5.74) is -7.21. The van der Waals surface area contributed by atoms with Crippen molar-refractivity contribution >= 4 is 17.3 Å². The number of rotatable bonds is 5. The monoisotopic (exact) mass is 440 g/mol. The molecule has 0 atom stereocenters. The summed E-state index contributed by atoms with van der Waals surface area (Å²) in [6.45, 7) is 0. The molecule has 0 amide bonds. The molecule has 15 heteroatoms. The largest absolute Gasteiger partial charge is 0.477 e. The van der Waals surface area contributed by atoms with Gasteiger partial charge in [0.2, 0.25) is 5.75 Å². The number of nitro groups is 2. The number of ether oxygens (including phenoxy) is 1. The lowest BCUT2D eigenvalue weighted by molar-refractivity contribution is -0.394. The molecular formula is C15H6F6N2O7. The Kier molecular flexibility index (Phi) is 5.59. The maximum atomic E-state index is 12.9. The molecule has 0 aromatic heterocycles. The van der Waals surface area contributed by atoms with Gasteiger partial charge in [0.1, 0.15) is 11.3 Å². The van der Waals surface area contributed by atoms with Crippen molar-refractivity contribution in [3.8, 4) is 11.5 Å². The molecule has 0 radical (unpaired) electrons. The van der Waals surface area contributed by atoms with E-state index < -0.39 is 67.7 Å². The summed E-state index contributed by atoms with van der Waals surface area (Å²) in [4.78, 5) is 30.6. The van der Waals surface area contributed by atoms with Gasteiger partial charge in [0.15, 0.2) is 0 Å². The molecule has 2 aromatic carbocycles. The normalized spacial score (nSPS) is 11.8. The number of nitrogens with zero attached hydrogens (tertiary/aromatic N) is 2. The van der Waals surface area contributed by atoms with Gasteiger partial charge in [-0.1, -0.05) is 0 Å². The lowest BCUT2D eigenvalue weighted by atomic mass is 10.1. The summed E-state index contributed by atoms with van der Waals surface area (Å²) in [5.74, 6) is -4.22. The number of benzene rings is 2. The van der Waals surface area contributed by atoms with Crippen LogP contribution < -0.4 is 4.74 Å². The van der Waals surface area contributed by atoms with Gasteiger partial charge >= 0.3 is 24.0 Å². The highest BCUT2D eigenvalue weighted by molar-refractivity contribution is 5.93. The smallest absolute Gasteiger partial charge is 0.416 e. The summed E-state index contributed by atoms with van der Waals surface area (Å²) in [6, 6.07) is 0.393. The topological polar surface area (TPSA) is 133 Å². The van der Waals surface area contributed by atoms with Crippen LogP contribution in [-0.4, -0.2) is 20.9 Å². The van der Waals surface area contributed by atoms with E-state index in [4.69, 9.17) is 9.84 Å². The van der Waals surface area contributed by atoms with E-state index in [1.54, 1.807) is 0 Å². The second-order valence-electron chi connectivity index (χ2n) is 5.50. The average Bonchev–Trinajstić information content (AvgIpc) is 2.59. The first-order valence-electron chi connectivity index (χ1n) is 7.28. The van der Waals surface area contributed by atoms with E-state index in [-0.39, 0.29) is 30.3 Å². The van der Waals surface area contributed by atoms with Crippen molar-refractivity contribution in [2.45, 2.75) is 12.4 Å². The van der Waals surface area contributed by atoms with Crippen LogP contribution in [-0.2, 0) is 12.4 Å². The molecule has 0 aliphatic rings. The van der Waals surface area contributed by atoms with E-state index in [0.717, 1.165) is 0 Å². The zero-order valence-corrected chi connectivity index (χ0v) is 13.9. The third-order valence-electron chi connectivity index (χ3n) is 3.49. The van der Waals surface area contributed by atoms with Gasteiger partial charge in [-0.25, -0.2) is 4.79 Å².